The maximum Gasteiger partial charge on any atom is 0.141 e. The highest BCUT2D eigenvalue weighted by molar-refractivity contribution is 6.30. The van der Waals surface area contributed by atoms with E-state index in [1.54, 1.807) is 12.1 Å². The summed E-state index contributed by atoms with van der Waals surface area (Å²) in [6, 6.07) is 10.7. The van der Waals surface area contributed by atoms with Crippen LogP contribution in [0.15, 0.2) is 48.7 Å². The maximum absolute atomic E-state index is 12.2. The lowest BCUT2D eigenvalue weighted by Crippen LogP contribution is -2.07. The first-order chi connectivity index (χ1) is 10.5. The number of allylic oxidation sites excluding steroid dienone is 1. The minimum Gasteiger partial charge on any atom is -0.508 e. The van der Waals surface area contributed by atoms with Gasteiger partial charge in [-0.25, -0.2) is 0 Å². The normalized spacial score (nSPS) is 12.9. The number of aromatic hydroxyl groups is 1. The molecule has 1 aliphatic rings. The number of anilines is 1. The van der Waals surface area contributed by atoms with Gasteiger partial charge in [-0.1, -0.05) is 30.3 Å². The minimum atomic E-state index is 0.0438. The Kier molecular flexibility index (Phi) is 3.90. The van der Waals surface area contributed by atoms with Crippen LogP contribution in [0.1, 0.15) is 16.7 Å². The SMILES string of the molecule is C=C1Cc2cc(CC(=O)Cc3cc(Cl)ccc3O)ccc2N1. The highest BCUT2D eigenvalue weighted by Gasteiger charge is 2.15. The molecule has 0 aromatic heterocycles. The van der Waals surface area contributed by atoms with Gasteiger partial charge in [-0.2, -0.15) is 0 Å². The second-order valence-electron chi connectivity index (χ2n) is 5.56. The number of hydrogen-bond donors (Lipinski definition) is 2. The van der Waals surface area contributed by atoms with Crippen LogP contribution in [0.25, 0.3) is 0 Å². The van der Waals surface area contributed by atoms with Crippen LogP contribution in [0.4, 0.5) is 5.69 Å². The van der Waals surface area contributed by atoms with Gasteiger partial charge in [-0.3, -0.25) is 4.79 Å². The summed E-state index contributed by atoms with van der Waals surface area (Å²) in [4.78, 5) is 12.2. The molecule has 0 bridgehead atoms. The smallest absolute Gasteiger partial charge is 0.141 e. The van der Waals surface area contributed by atoms with Gasteiger partial charge in [0.05, 0.1) is 0 Å². The fraction of sp³-hybridized carbons (Fsp3) is 0.167. The first-order valence-corrected chi connectivity index (χ1v) is 7.45. The second-order valence-corrected chi connectivity index (χ2v) is 6.00. The molecule has 0 spiro atoms. The van der Waals surface area contributed by atoms with Crippen molar-refractivity contribution in [3.63, 3.8) is 0 Å². The van der Waals surface area contributed by atoms with E-state index < -0.39 is 0 Å². The lowest BCUT2D eigenvalue weighted by atomic mass is 10.00. The Bertz CT molecular complexity index is 768. The van der Waals surface area contributed by atoms with Gasteiger partial charge in [-0.05, 0) is 35.4 Å². The number of phenols is 1. The van der Waals surface area contributed by atoms with E-state index in [4.69, 9.17) is 11.6 Å². The Hall–Kier alpha value is -2.26. The summed E-state index contributed by atoms with van der Waals surface area (Å²) in [5.74, 6) is 0.148. The van der Waals surface area contributed by atoms with Crippen LogP contribution in [0.5, 0.6) is 5.75 Å². The third-order valence-corrected chi connectivity index (χ3v) is 3.95. The standard InChI is InChI=1S/C18H16ClNO2/c1-11-6-13-7-12(2-4-17(13)20-11)8-16(21)10-14-9-15(19)3-5-18(14)22/h2-5,7,9,20,22H,1,6,8,10H2. The molecule has 22 heavy (non-hydrogen) atoms. The van der Waals surface area contributed by atoms with Crippen molar-refractivity contribution in [2.24, 2.45) is 0 Å². The number of nitrogens with one attached hydrogen (secondary N) is 1. The first kappa shape index (κ1) is 14.7. The molecular formula is C18H16ClNO2. The van der Waals surface area contributed by atoms with E-state index in [0.29, 0.717) is 17.0 Å². The quantitative estimate of drug-likeness (QED) is 0.900. The Morgan fingerprint density at radius 2 is 2.05 bits per heavy atom. The Balaban J connectivity index is 1.71. The predicted molar refractivity (Wildman–Crippen MR) is 88.4 cm³/mol. The van der Waals surface area contributed by atoms with Crippen molar-refractivity contribution < 1.29 is 9.90 Å². The summed E-state index contributed by atoms with van der Waals surface area (Å²) in [6.07, 6.45) is 1.31. The zero-order valence-corrected chi connectivity index (χ0v) is 12.8. The average molecular weight is 314 g/mol. The summed E-state index contributed by atoms with van der Waals surface area (Å²) in [5.41, 5.74) is 4.74. The number of halogens is 1. The fourth-order valence-electron chi connectivity index (χ4n) is 2.69. The van der Waals surface area contributed by atoms with Crippen LogP contribution in [-0.4, -0.2) is 10.9 Å². The zero-order valence-electron chi connectivity index (χ0n) is 12.0. The molecule has 4 heteroatoms. The lowest BCUT2D eigenvalue weighted by molar-refractivity contribution is -0.117. The molecular weight excluding hydrogens is 298 g/mol. The molecule has 2 aromatic carbocycles. The van der Waals surface area contributed by atoms with E-state index in [0.717, 1.165) is 23.4 Å². The van der Waals surface area contributed by atoms with E-state index in [2.05, 4.69) is 11.9 Å². The Morgan fingerprint density at radius 3 is 2.86 bits per heavy atom. The van der Waals surface area contributed by atoms with Gasteiger partial charge >= 0.3 is 0 Å². The molecule has 0 saturated carbocycles. The molecule has 1 heterocycles. The molecule has 0 unspecified atom stereocenters. The van der Waals surface area contributed by atoms with Crippen molar-refractivity contribution in [1.29, 1.82) is 0 Å². The minimum absolute atomic E-state index is 0.0438. The number of ketones is 1. The van der Waals surface area contributed by atoms with Crippen LogP contribution in [0, 0.1) is 0 Å². The van der Waals surface area contributed by atoms with E-state index in [1.807, 2.05) is 18.2 Å². The van der Waals surface area contributed by atoms with Crippen molar-refractivity contribution in [3.05, 3.63) is 70.4 Å². The maximum atomic E-state index is 12.2. The number of rotatable bonds is 4. The number of fused-ring (bicyclic) bond motifs is 1. The van der Waals surface area contributed by atoms with Crippen LogP contribution >= 0.6 is 11.6 Å². The van der Waals surface area contributed by atoms with Crippen LogP contribution in [0.3, 0.4) is 0 Å². The third kappa shape index (κ3) is 3.15. The summed E-state index contributed by atoms with van der Waals surface area (Å²) in [6.45, 7) is 3.91. The van der Waals surface area contributed by atoms with Crippen molar-refractivity contribution in [1.82, 2.24) is 0 Å². The van der Waals surface area contributed by atoms with Gasteiger partial charge < -0.3 is 10.4 Å². The van der Waals surface area contributed by atoms with Crippen molar-refractivity contribution in [3.8, 4) is 5.75 Å². The molecule has 112 valence electrons. The zero-order chi connectivity index (χ0) is 15.7. The van der Waals surface area contributed by atoms with Crippen LogP contribution < -0.4 is 5.32 Å². The second kappa shape index (κ2) is 5.85. The van der Waals surface area contributed by atoms with Gasteiger partial charge in [0.15, 0.2) is 0 Å². The average Bonchev–Trinajstić information content (AvgIpc) is 2.82. The number of carbonyl (C=O) groups is 1. The summed E-state index contributed by atoms with van der Waals surface area (Å²) in [7, 11) is 0. The van der Waals surface area contributed by atoms with Gasteiger partial charge in [0.2, 0.25) is 0 Å². The van der Waals surface area contributed by atoms with Crippen LogP contribution in [-0.2, 0) is 24.1 Å². The van der Waals surface area contributed by atoms with E-state index in [9.17, 15) is 9.90 Å². The Labute approximate surface area is 134 Å². The fourth-order valence-corrected chi connectivity index (χ4v) is 2.88. The molecule has 0 atom stereocenters. The molecule has 0 fully saturated rings. The summed E-state index contributed by atoms with van der Waals surface area (Å²) in [5, 5.41) is 13.5. The number of Topliss-reactive ketones (excluding diaryl/α,β-unsaturated/α-hetero) is 1. The molecule has 0 radical (unpaired) electrons. The molecule has 3 nitrogen and oxygen atoms in total. The summed E-state index contributed by atoms with van der Waals surface area (Å²) >= 11 is 5.90. The van der Waals surface area contributed by atoms with Crippen molar-refractivity contribution in [2.75, 3.05) is 5.32 Å². The number of hydrogen-bond acceptors (Lipinski definition) is 3. The van der Waals surface area contributed by atoms with E-state index in [1.165, 1.54) is 11.6 Å². The van der Waals surface area contributed by atoms with Gasteiger partial charge in [0, 0.05) is 41.2 Å². The molecule has 0 aliphatic carbocycles. The Morgan fingerprint density at radius 1 is 1.23 bits per heavy atom. The van der Waals surface area contributed by atoms with Crippen molar-refractivity contribution >= 4 is 23.1 Å². The number of benzene rings is 2. The van der Waals surface area contributed by atoms with Crippen LogP contribution in [0.2, 0.25) is 5.02 Å². The third-order valence-electron chi connectivity index (χ3n) is 3.72. The molecule has 0 amide bonds. The molecule has 1 aliphatic heterocycles. The monoisotopic (exact) mass is 313 g/mol. The van der Waals surface area contributed by atoms with E-state index >= 15 is 0 Å². The van der Waals surface area contributed by atoms with Crippen molar-refractivity contribution in [2.45, 2.75) is 19.3 Å². The first-order valence-electron chi connectivity index (χ1n) is 7.07. The van der Waals surface area contributed by atoms with Gasteiger partial charge in [0.25, 0.3) is 0 Å². The topological polar surface area (TPSA) is 49.3 Å². The predicted octanol–water partition coefficient (Wildman–Crippen LogP) is 3.88. The molecule has 2 N–H and O–H groups in total. The highest BCUT2D eigenvalue weighted by atomic mass is 35.5. The molecule has 0 saturated heterocycles. The van der Waals surface area contributed by atoms with Gasteiger partial charge in [-0.15, -0.1) is 0 Å². The summed E-state index contributed by atoms with van der Waals surface area (Å²) < 4.78 is 0. The molecule has 3 rings (SSSR count). The lowest BCUT2D eigenvalue weighted by Gasteiger charge is -2.06. The largest absolute Gasteiger partial charge is 0.508 e. The number of carbonyl (C=O) groups excluding carboxylic acids is 1. The number of phenolic OH excluding ortho intramolecular Hbond substituents is 1. The molecule has 2 aromatic rings. The van der Waals surface area contributed by atoms with E-state index in [-0.39, 0.29) is 18.0 Å². The highest BCUT2D eigenvalue weighted by Crippen LogP contribution is 2.28. The van der Waals surface area contributed by atoms with Gasteiger partial charge in [0.1, 0.15) is 11.5 Å².